The Morgan fingerprint density at radius 1 is 1.08 bits per heavy atom. The monoisotopic (exact) mass is 542 g/mol. The molecule has 11 heteroatoms. The normalized spacial score (nSPS) is 19.3. The van der Waals surface area contributed by atoms with E-state index in [0.29, 0.717) is 0 Å². The molecule has 198 valence electrons. The standard InChI is InChI=1S/C27H24F2N2O6S/c1-16-3-2-4-21(9-16)38(35,36)31-15-20(14-30-13-18(27(33)34)11-26(30)32)37-25-8-5-17(10-24(25)31)22-12-19(28)6-7-23(22)29/h2-10,12,18,20H,11,13-15H2,1H3,(H,33,34)/t18?,20-/m0/s1. The number of rotatable bonds is 6. The van der Waals surface area contributed by atoms with Crippen LogP contribution in [-0.2, 0) is 19.6 Å². The van der Waals surface area contributed by atoms with Gasteiger partial charge in [-0.3, -0.25) is 13.9 Å². The molecule has 0 spiro atoms. The molecule has 0 saturated carbocycles. The fourth-order valence-electron chi connectivity index (χ4n) is 4.78. The lowest BCUT2D eigenvalue weighted by Gasteiger charge is -2.37. The summed E-state index contributed by atoms with van der Waals surface area (Å²) in [4.78, 5) is 25.2. The smallest absolute Gasteiger partial charge is 0.308 e. The van der Waals surface area contributed by atoms with Crippen LogP contribution in [0.4, 0.5) is 14.5 Å². The number of carboxylic acid groups (broad SMARTS) is 1. The molecule has 2 heterocycles. The number of carboxylic acids is 1. The van der Waals surface area contributed by atoms with Gasteiger partial charge in [0.05, 0.1) is 29.6 Å². The first-order chi connectivity index (χ1) is 18.0. The highest BCUT2D eigenvalue weighted by Gasteiger charge is 2.39. The Bertz CT molecular complexity index is 1540. The van der Waals surface area contributed by atoms with Crippen LogP contribution in [0.1, 0.15) is 12.0 Å². The fourth-order valence-corrected chi connectivity index (χ4v) is 6.39. The van der Waals surface area contributed by atoms with Crippen LogP contribution in [0.25, 0.3) is 11.1 Å². The van der Waals surface area contributed by atoms with Crippen LogP contribution in [0.15, 0.2) is 65.6 Å². The number of carbonyl (C=O) groups is 2. The molecule has 5 rings (SSSR count). The van der Waals surface area contributed by atoms with Crippen molar-refractivity contribution in [1.29, 1.82) is 0 Å². The Hall–Kier alpha value is -3.99. The van der Waals surface area contributed by atoms with Crippen molar-refractivity contribution in [2.75, 3.05) is 23.9 Å². The highest BCUT2D eigenvalue weighted by Crippen LogP contribution is 2.41. The average Bonchev–Trinajstić information content (AvgIpc) is 3.25. The maximum absolute atomic E-state index is 14.5. The van der Waals surface area contributed by atoms with Gasteiger partial charge in [0.2, 0.25) is 5.91 Å². The zero-order valence-electron chi connectivity index (χ0n) is 20.3. The van der Waals surface area contributed by atoms with Gasteiger partial charge in [-0.15, -0.1) is 0 Å². The van der Waals surface area contributed by atoms with Crippen LogP contribution in [0.3, 0.4) is 0 Å². The number of aliphatic carboxylic acids is 1. The lowest BCUT2D eigenvalue weighted by Crippen LogP contribution is -2.48. The lowest BCUT2D eigenvalue weighted by atomic mass is 10.0. The summed E-state index contributed by atoms with van der Waals surface area (Å²) in [6, 6.07) is 13.8. The number of ether oxygens (including phenoxy) is 1. The highest BCUT2D eigenvalue weighted by molar-refractivity contribution is 7.92. The number of anilines is 1. The molecule has 0 radical (unpaired) electrons. The topological polar surface area (TPSA) is 104 Å². The van der Waals surface area contributed by atoms with E-state index >= 15 is 0 Å². The van der Waals surface area contributed by atoms with E-state index in [-0.39, 0.29) is 59.4 Å². The molecule has 3 aromatic carbocycles. The summed E-state index contributed by atoms with van der Waals surface area (Å²) < 4.78 is 63.3. The largest absolute Gasteiger partial charge is 0.484 e. The molecule has 2 atom stereocenters. The Morgan fingerprint density at radius 3 is 2.58 bits per heavy atom. The molecule has 0 bridgehead atoms. The minimum absolute atomic E-state index is 0.00327. The van der Waals surface area contributed by atoms with Gasteiger partial charge in [0.1, 0.15) is 23.5 Å². The molecule has 38 heavy (non-hydrogen) atoms. The molecule has 1 unspecified atom stereocenters. The Morgan fingerprint density at radius 2 is 1.87 bits per heavy atom. The first kappa shape index (κ1) is 25.7. The summed E-state index contributed by atoms with van der Waals surface area (Å²) in [5.41, 5.74) is 1.09. The molecule has 1 N–H and O–H groups in total. The summed E-state index contributed by atoms with van der Waals surface area (Å²) >= 11 is 0. The molecular weight excluding hydrogens is 518 g/mol. The number of halogens is 2. The zero-order chi connectivity index (χ0) is 27.2. The molecule has 8 nitrogen and oxygen atoms in total. The SMILES string of the molecule is Cc1cccc(S(=O)(=O)N2C[C@H](CN3CC(C(=O)O)CC3=O)Oc3ccc(-c4cc(F)ccc4F)cc32)c1. The van der Waals surface area contributed by atoms with E-state index < -0.39 is 39.6 Å². The molecular formula is C27H24F2N2O6S. The van der Waals surface area contributed by atoms with Gasteiger partial charge >= 0.3 is 5.97 Å². The van der Waals surface area contributed by atoms with E-state index in [1.54, 1.807) is 19.1 Å². The number of nitrogens with zero attached hydrogens (tertiary/aromatic N) is 2. The van der Waals surface area contributed by atoms with Gasteiger partial charge in [-0.1, -0.05) is 18.2 Å². The lowest BCUT2D eigenvalue weighted by molar-refractivity contribution is -0.141. The number of hydrogen-bond acceptors (Lipinski definition) is 5. The van der Waals surface area contributed by atoms with E-state index in [2.05, 4.69) is 0 Å². The second-order valence-electron chi connectivity index (χ2n) is 9.44. The predicted octanol–water partition coefficient (Wildman–Crippen LogP) is 3.83. The molecule has 1 saturated heterocycles. The van der Waals surface area contributed by atoms with Crippen LogP contribution >= 0.6 is 0 Å². The average molecular weight is 543 g/mol. The van der Waals surface area contributed by atoms with E-state index in [9.17, 15) is 31.9 Å². The second kappa shape index (κ2) is 9.71. The van der Waals surface area contributed by atoms with Gasteiger partial charge in [0.15, 0.2) is 0 Å². The van der Waals surface area contributed by atoms with E-state index in [1.807, 2.05) is 0 Å². The molecule has 1 amide bonds. The highest BCUT2D eigenvalue weighted by atomic mass is 32.2. The first-order valence-corrected chi connectivity index (χ1v) is 13.3. The minimum Gasteiger partial charge on any atom is -0.484 e. The van der Waals surface area contributed by atoms with Crippen molar-refractivity contribution in [1.82, 2.24) is 4.90 Å². The quantitative estimate of drug-likeness (QED) is 0.508. The van der Waals surface area contributed by atoms with E-state index in [0.717, 1.165) is 28.1 Å². The van der Waals surface area contributed by atoms with Gasteiger partial charge in [0.25, 0.3) is 10.0 Å². The number of hydrogen-bond donors (Lipinski definition) is 1. The minimum atomic E-state index is -4.13. The van der Waals surface area contributed by atoms with Crippen molar-refractivity contribution in [3.05, 3.63) is 77.9 Å². The number of benzene rings is 3. The molecule has 0 aromatic heterocycles. The van der Waals surface area contributed by atoms with Crippen molar-refractivity contribution >= 4 is 27.6 Å². The van der Waals surface area contributed by atoms with Crippen molar-refractivity contribution in [2.24, 2.45) is 5.92 Å². The van der Waals surface area contributed by atoms with Gasteiger partial charge in [0, 0.05) is 18.5 Å². The van der Waals surface area contributed by atoms with Gasteiger partial charge in [-0.25, -0.2) is 17.2 Å². The number of likely N-dealkylation sites (tertiary alicyclic amines) is 1. The number of sulfonamides is 1. The third-order valence-corrected chi connectivity index (χ3v) is 8.47. The fraction of sp³-hybridized carbons (Fsp3) is 0.259. The third kappa shape index (κ3) is 4.81. The van der Waals surface area contributed by atoms with E-state index in [4.69, 9.17) is 4.74 Å². The van der Waals surface area contributed by atoms with Gasteiger partial charge in [-0.2, -0.15) is 0 Å². The van der Waals surface area contributed by atoms with Crippen molar-refractivity contribution in [2.45, 2.75) is 24.3 Å². The Kier molecular flexibility index (Phi) is 6.56. The predicted molar refractivity (Wildman–Crippen MR) is 134 cm³/mol. The van der Waals surface area contributed by atoms with Gasteiger partial charge in [-0.05, 0) is 60.5 Å². The summed E-state index contributed by atoms with van der Waals surface area (Å²) in [5, 5.41) is 9.29. The number of amides is 1. The first-order valence-electron chi connectivity index (χ1n) is 11.9. The second-order valence-corrected chi connectivity index (χ2v) is 11.3. The van der Waals surface area contributed by atoms with Crippen LogP contribution in [0.2, 0.25) is 0 Å². The van der Waals surface area contributed by atoms with E-state index in [1.165, 1.54) is 35.2 Å². The Balaban J connectivity index is 1.55. The van der Waals surface area contributed by atoms with Crippen molar-refractivity contribution in [3.8, 4) is 16.9 Å². The third-order valence-electron chi connectivity index (χ3n) is 6.70. The summed E-state index contributed by atoms with van der Waals surface area (Å²) in [7, 11) is -4.13. The van der Waals surface area contributed by atoms with Crippen LogP contribution in [0.5, 0.6) is 5.75 Å². The number of carbonyl (C=O) groups excluding carboxylic acids is 1. The summed E-state index contributed by atoms with van der Waals surface area (Å²) in [6.07, 6.45) is -0.928. The summed E-state index contributed by atoms with van der Waals surface area (Å²) in [5.74, 6) is -3.40. The van der Waals surface area contributed by atoms with Crippen LogP contribution < -0.4 is 9.04 Å². The van der Waals surface area contributed by atoms with Crippen molar-refractivity contribution < 1.29 is 36.6 Å². The molecule has 2 aliphatic rings. The zero-order valence-corrected chi connectivity index (χ0v) is 21.1. The maximum atomic E-state index is 14.5. The maximum Gasteiger partial charge on any atom is 0.308 e. The number of fused-ring (bicyclic) bond motifs is 1. The molecule has 2 aliphatic heterocycles. The molecule has 1 fully saturated rings. The van der Waals surface area contributed by atoms with Gasteiger partial charge < -0.3 is 14.7 Å². The number of aryl methyl sites for hydroxylation is 1. The van der Waals surface area contributed by atoms with Crippen molar-refractivity contribution in [3.63, 3.8) is 0 Å². The molecule has 3 aromatic rings. The van der Waals surface area contributed by atoms with Crippen LogP contribution in [-0.4, -0.2) is 56.0 Å². The Labute approximate surface area is 218 Å². The summed E-state index contributed by atoms with van der Waals surface area (Å²) in [6.45, 7) is 1.57. The van der Waals surface area contributed by atoms with Crippen LogP contribution in [0, 0.1) is 24.5 Å². The molecule has 0 aliphatic carbocycles.